The van der Waals surface area contributed by atoms with E-state index in [0.717, 1.165) is 19.3 Å². The van der Waals surface area contributed by atoms with Gasteiger partial charge in [-0.1, -0.05) is 25.3 Å². The second kappa shape index (κ2) is 7.65. The van der Waals surface area contributed by atoms with Crippen molar-refractivity contribution in [3.63, 3.8) is 0 Å². The quantitative estimate of drug-likeness (QED) is 0.871. The van der Waals surface area contributed by atoms with Crippen LogP contribution in [0.4, 0.5) is 0 Å². The van der Waals surface area contributed by atoms with Gasteiger partial charge in [0.15, 0.2) is 0 Å². The fourth-order valence-corrected chi connectivity index (χ4v) is 3.55. The van der Waals surface area contributed by atoms with Crippen molar-refractivity contribution < 1.29 is 9.90 Å². The van der Waals surface area contributed by atoms with Crippen LogP contribution in [0, 0.1) is 0 Å². The molecule has 1 aromatic rings. The molecule has 0 bridgehead atoms. The van der Waals surface area contributed by atoms with Crippen LogP contribution in [0.5, 0.6) is 0 Å². The zero-order valence-electron chi connectivity index (χ0n) is 11.4. The summed E-state index contributed by atoms with van der Waals surface area (Å²) in [5, 5.41) is 11.2. The summed E-state index contributed by atoms with van der Waals surface area (Å²) in [6.45, 7) is 0.565. The van der Waals surface area contributed by atoms with Crippen LogP contribution in [0.15, 0.2) is 17.5 Å². The Kier molecular flexibility index (Phi) is 5.86. The molecule has 1 aliphatic carbocycles. The lowest BCUT2D eigenvalue weighted by Crippen LogP contribution is -2.43. The standard InChI is InChI=1S/C15H23NO2S/c17-11-10-16(13-5-2-1-3-6-13)15(18)9-8-14-7-4-12-19-14/h4,7,12-13,17H,1-3,5-6,8-11H2. The lowest BCUT2D eigenvalue weighted by atomic mass is 9.94. The van der Waals surface area contributed by atoms with Crippen molar-refractivity contribution in [3.8, 4) is 0 Å². The summed E-state index contributed by atoms with van der Waals surface area (Å²) in [5.41, 5.74) is 0. The molecule has 0 spiro atoms. The molecule has 3 nitrogen and oxygen atoms in total. The largest absolute Gasteiger partial charge is 0.395 e. The van der Waals surface area contributed by atoms with Gasteiger partial charge in [0.05, 0.1) is 6.61 Å². The van der Waals surface area contributed by atoms with Gasteiger partial charge in [-0.05, 0) is 30.7 Å². The maximum atomic E-state index is 12.3. The molecule has 0 radical (unpaired) electrons. The fraction of sp³-hybridized carbons (Fsp3) is 0.667. The van der Waals surface area contributed by atoms with Gasteiger partial charge in [0, 0.05) is 23.9 Å². The van der Waals surface area contributed by atoms with Crippen molar-refractivity contribution in [1.29, 1.82) is 0 Å². The van der Waals surface area contributed by atoms with Gasteiger partial charge in [0.2, 0.25) is 5.91 Å². The van der Waals surface area contributed by atoms with Crippen molar-refractivity contribution in [2.75, 3.05) is 13.2 Å². The first kappa shape index (κ1) is 14.5. The number of amides is 1. The molecule has 106 valence electrons. The number of carbonyl (C=O) groups excluding carboxylic acids is 1. The molecule has 1 aromatic heterocycles. The van der Waals surface area contributed by atoms with Gasteiger partial charge < -0.3 is 10.0 Å². The number of hydrogen-bond acceptors (Lipinski definition) is 3. The van der Waals surface area contributed by atoms with Crippen LogP contribution in [-0.4, -0.2) is 35.1 Å². The highest BCUT2D eigenvalue weighted by Gasteiger charge is 2.24. The molecule has 1 aliphatic rings. The first-order valence-corrected chi connectivity index (χ1v) is 8.12. The third-order valence-corrected chi connectivity index (χ3v) is 4.78. The van der Waals surface area contributed by atoms with Crippen LogP contribution in [0.1, 0.15) is 43.4 Å². The number of aliphatic hydroxyl groups is 1. The summed E-state index contributed by atoms with van der Waals surface area (Å²) in [5.74, 6) is 0.203. The van der Waals surface area contributed by atoms with E-state index in [-0.39, 0.29) is 12.5 Å². The minimum Gasteiger partial charge on any atom is -0.395 e. The molecular weight excluding hydrogens is 258 g/mol. The first-order valence-electron chi connectivity index (χ1n) is 7.24. The summed E-state index contributed by atoms with van der Waals surface area (Å²) < 4.78 is 0. The van der Waals surface area contributed by atoms with Gasteiger partial charge in [-0.15, -0.1) is 11.3 Å². The van der Waals surface area contributed by atoms with E-state index < -0.39 is 0 Å². The Morgan fingerprint density at radius 3 is 2.79 bits per heavy atom. The second-order valence-electron chi connectivity index (χ2n) is 5.18. The van der Waals surface area contributed by atoms with E-state index in [1.54, 1.807) is 11.3 Å². The molecule has 1 saturated carbocycles. The predicted octanol–water partition coefficient (Wildman–Crippen LogP) is 2.83. The van der Waals surface area contributed by atoms with E-state index >= 15 is 0 Å². The molecule has 19 heavy (non-hydrogen) atoms. The Hall–Kier alpha value is -0.870. The maximum absolute atomic E-state index is 12.3. The topological polar surface area (TPSA) is 40.5 Å². The summed E-state index contributed by atoms with van der Waals surface area (Å²) in [6, 6.07) is 4.46. The number of thiophene rings is 1. The Bertz CT molecular complexity index is 372. The molecule has 0 saturated heterocycles. The molecule has 1 fully saturated rings. The summed E-state index contributed by atoms with van der Waals surface area (Å²) in [7, 11) is 0. The normalized spacial score (nSPS) is 16.5. The summed E-state index contributed by atoms with van der Waals surface area (Å²) in [4.78, 5) is 15.5. The van der Waals surface area contributed by atoms with Crippen LogP contribution >= 0.6 is 11.3 Å². The minimum atomic E-state index is 0.0707. The molecule has 0 aromatic carbocycles. The molecular formula is C15H23NO2S. The predicted molar refractivity (Wildman–Crippen MR) is 78.3 cm³/mol. The molecule has 0 unspecified atom stereocenters. The van der Waals surface area contributed by atoms with Crippen molar-refractivity contribution >= 4 is 17.2 Å². The number of aryl methyl sites for hydroxylation is 1. The van der Waals surface area contributed by atoms with Gasteiger partial charge in [-0.2, -0.15) is 0 Å². The minimum absolute atomic E-state index is 0.0707. The van der Waals surface area contributed by atoms with E-state index in [2.05, 4.69) is 6.07 Å². The Balaban J connectivity index is 1.87. The lowest BCUT2D eigenvalue weighted by molar-refractivity contribution is -0.134. The summed E-state index contributed by atoms with van der Waals surface area (Å²) >= 11 is 1.71. The van der Waals surface area contributed by atoms with Gasteiger partial charge in [-0.25, -0.2) is 0 Å². The average Bonchev–Trinajstić information content (AvgIpc) is 2.96. The molecule has 1 N–H and O–H groups in total. The molecule has 0 aliphatic heterocycles. The summed E-state index contributed by atoms with van der Waals surface area (Å²) in [6.07, 6.45) is 7.31. The highest BCUT2D eigenvalue weighted by molar-refractivity contribution is 7.09. The molecule has 1 heterocycles. The number of hydrogen-bond donors (Lipinski definition) is 1. The lowest BCUT2D eigenvalue weighted by Gasteiger charge is -2.34. The van der Waals surface area contributed by atoms with E-state index in [1.165, 1.54) is 24.1 Å². The van der Waals surface area contributed by atoms with Gasteiger partial charge in [0.25, 0.3) is 0 Å². The Labute approximate surface area is 119 Å². The third-order valence-electron chi connectivity index (χ3n) is 3.84. The van der Waals surface area contributed by atoms with Crippen molar-refractivity contribution in [1.82, 2.24) is 4.90 Å². The Morgan fingerprint density at radius 2 is 2.16 bits per heavy atom. The van der Waals surface area contributed by atoms with Crippen LogP contribution in [0.3, 0.4) is 0 Å². The van der Waals surface area contributed by atoms with E-state index in [1.807, 2.05) is 16.3 Å². The number of aliphatic hydroxyl groups excluding tert-OH is 1. The van der Waals surface area contributed by atoms with Gasteiger partial charge in [0.1, 0.15) is 0 Å². The zero-order valence-corrected chi connectivity index (χ0v) is 12.2. The SMILES string of the molecule is O=C(CCc1cccs1)N(CCO)C1CCCCC1. The highest BCUT2D eigenvalue weighted by atomic mass is 32.1. The smallest absolute Gasteiger partial charge is 0.223 e. The van der Waals surface area contributed by atoms with E-state index in [0.29, 0.717) is 19.0 Å². The van der Waals surface area contributed by atoms with Gasteiger partial charge in [-0.3, -0.25) is 4.79 Å². The highest BCUT2D eigenvalue weighted by Crippen LogP contribution is 2.23. The second-order valence-corrected chi connectivity index (χ2v) is 6.21. The van der Waals surface area contributed by atoms with Crippen molar-refractivity contribution in [2.24, 2.45) is 0 Å². The van der Waals surface area contributed by atoms with Crippen LogP contribution in [-0.2, 0) is 11.2 Å². The maximum Gasteiger partial charge on any atom is 0.223 e. The monoisotopic (exact) mass is 281 g/mol. The van der Waals surface area contributed by atoms with E-state index in [9.17, 15) is 9.90 Å². The fourth-order valence-electron chi connectivity index (χ4n) is 2.84. The Morgan fingerprint density at radius 1 is 1.37 bits per heavy atom. The van der Waals surface area contributed by atoms with Crippen LogP contribution in [0.2, 0.25) is 0 Å². The molecule has 4 heteroatoms. The molecule has 1 amide bonds. The van der Waals surface area contributed by atoms with Crippen molar-refractivity contribution in [3.05, 3.63) is 22.4 Å². The average molecular weight is 281 g/mol. The van der Waals surface area contributed by atoms with Crippen LogP contribution < -0.4 is 0 Å². The zero-order chi connectivity index (χ0) is 13.5. The number of nitrogens with zero attached hydrogens (tertiary/aromatic N) is 1. The van der Waals surface area contributed by atoms with Crippen LogP contribution in [0.25, 0.3) is 0 Å². The number of rotatable bonds is 6. The molecule has 2 rings (SSSR count). The van der Waals surface area contributed by atoms with Gasteiger partial charge >= 0.3 is 0 Å². The number of carbonyl (C=O) groups is 1. The van der Waals surface area contributed by atoms with E-state index in [4.69, 9.17) is 0 Å². The molecule has 0 atom stereocenters. The van der Waals surface area contributed by atoms with Crippen molar-refractivity contribution in [2.45, 2.75) is 51.0 Å². The first-order chi connectivity index (χ1) is 9.31. The third kappa shape index (κ3) is 4.32.